The Bertz CT molecular complexity index is 606. The molecule has 2 aliphatic rings. The van der Waals surface area contributed by atoms with Gasteiger partial charge in [-0.25, -0.2) is 0 Å². The molecule has 0 radical (unpaired) electrons. The van der Waals surface area contributed by atoms with E-state index in [1.165, 1.54) is 37.7 Å². The zero-order valence-electron chi connectivity index (χ0n) is 18.0. The van der Waals surface area contributed by atoms with Gasteiger partial charge in [-0.05, 0) is 36.7 Å². The summed E-state index contributed by atoms with van der Waals surface area (Å²) < 4.78 is 5.36. The van der Waals surface area contributed by atoms with Crippen LogP contribution in [0.4, 0.5) is 0 Å². The van der Waals surface area contributed by atoms with Crippen LogP contribution in [-0.2, 0) is 4.74 Å². The van der Waals surface area contributed by atoms with Crippen molar-refractivity contribution in [3.8, 4) is 11.5 Å². The molecule has 0 aromatic rings. The van der Waals surface area contributed by atoms with E-state index in [9.17, 15) is 0 Å². The van der Waals surface area contributed by atoms with Gasteiger partial charge in [-0.1, -0.05) is 57.6 Å². The predicted octanol–water partition coefficient (Wildman–Crippen LogP) is 5.27. The third kappa shape index (κ3) is 7.31. The Labute approximate surface area is 167 Å². The van der Waals surface area contributed by atoms with Gasteiger partial charge in [-0.3, -0.25) is 5.01 Å². The normalized spacial score (nSPS) is 25.6. The third-order valence-electron chi connectivity index (χ3n) is 5.32. The van der Waals surface area contributed by atoms with Crippen molar-refractivity contribution < 1.29 is 4.74 Å². The monoisotopic (exact) mass is 386 g/mol. The molecule has 1 saturated heterocycles. The molecular formula is C23H38N2OSi. The van der Waals surface area contributed by atoms with Gasteiger partial charge in [0.25, 0.3) is 0 Å². The number of unbranched alkanes of at least 4 members (excludes halogenated alkanes) is 1. The zero-order valence-corrected chi connectivity index (χ0v) is 19.0. The van der Waals surface area contributed by atoms with Crippen molar-refractivity contribution in [2.24, 2.45) is 16.9 Å². The Morgan fingerprint density at radius 3 is 2.89 bits per heavy atom. The van der Waals surface area contributed by atoms with Gasteiger partial charge in [0.15, 0.2) is 0 Å². The Morgan fingerprint density at radius 1 is 1.37 bits per heavy atom. The van der Waals surface area contributed by atoms with Gasteiger partial charge < -0.3 is 4.74 Å². The first kappa shape index (κ1) is 22.0. The molecule has 0 saturated carbocycles. The van der Waals surface area contributed by atoms with Crippen molar-refractivity contribution in [2.75, 3.05) is 20.3 Å². The minimum atomic E-state index is -1.30. The summed E-state index contributed by atoms with van der Waals surface area (Å²) in [6.45, 7) is 11.0. The van der Waals surface area contributed by atoms with Crippen molar-refractivity contribution in [1.82, 2.24) is 5.01 Å². The summed E-state index contributed by atoms with van der Waals surface area (Å²) in [6, 6.07) is 0.429. The molecule has 150 valence electrons. The lowest BCUT2D eigenvalue weighted by Crippen LogP contribution is -2.29. The smallest absolute Gasteiger partial charge is 0.129 e. The lowest BCUT2D eigenvalue weighted by Gasteiger charge is -2.28. The summed E-state index contributed by atoms with van der Waals surface area (Å²) in [5.74, 6) is 4.56. The first-order valence-electron chi connectivity index (χ1n) is 10.6. The molecule has 3 atom stereocenters. The molecule has 0 N–H and O–H groups in total. The minimum absolute atomic E-state index is 0.429. The molecule has 4 heteroatoms. The van der Waals surface area contributed by atoms with Gasteiger partial charge in [0.05, 0.1) is 18.9 Å². The largest absolute Gasteiger partial charge is 0.382 e. The summed E-state index contributed by atoms with van der Waals surface area (Å²) in [5.41, 5.74) is 4.91. The van der Waals surface area contributed by atoms with E-state index in [4.69, 9.17) is 9.84 Å². The second-order valence-electron chi connectivity index (χ2n) is 8.88. The Kier molecular flexibility index (Phi) is 8.85. The number of allylic oxidation sites excluding steroid dienone is 4. The molecule has 1 fully saturated rings. The number of rotatable bonds is 8. The van der Waals surface area contributed by atoms with E-state index < -0.39 is 8.07 Å². The van der Waals surface area contributed by atoms with Crippen molar-refractivity contribution in [3.63, 3.8) is 0 Å². The molecule has 1 aliphatic heterocycles. The van der Waals surface area contributed by atoms with E-state index in [0.29, 0.717) is 17.9 Å². The highest BCUT2D eigenvalue weighted by atomic mass is 28.3. The average molecular weight is 387 g/mol. The number of nitrogens with zero attached hydrogens (tertiary/aromatic N) is 2. The number of hydrogen-bond donors (Lipinski definition) is 0. The molecule has 0 unspecified atom stereocenters. The van der Waals surface area contributed by atoms with Crippen LogP contribution < -0.4 is 0 Å². The molecule has 0 aromatic heterocycles. The van der Waals surface area contributed by atoms with E-state index in [0.717, 1.165) is 19.6 Å². The van der Waals surface area contributed by atoms with Crippen LogP contribution >= 0.6 is 0 Å². The van der Waals surface area contributed by atoms with Crippen LogP contribution in [0.25, 0.3) is 0 Å². The molecule has 0 aromatic carbocycles. The molecule has 0 amide bonds. The van der Waals surface area contributed by atoms with E-state index in [2.05, 4.69) is 67.5 Å². The van der Waals surface area contributed by atoms with Crippen molar-refractivity contribution in [2.45, 2.75) is 71.1 Å². The molecule has 27 heavy (non-hydrogen) atoms. The number of hydrogen-bond acceptors (Lipinski definition) is 3. The number of methoxy groups -OCH3 is 1. The van der Waals surface area contributed by atoms with Crippen LogP contribution in [0.5, 0.6) is 0 Å². The van der Waals surface area contributed by atoms with Gasteiger partial charge >= 0.3 is 0 Å². The molecule has 3 nitrogen and oxygen atoms in total. The topological polar surface area (TPSA) is 24.8 Å². The van der Waals surface area contributed by atoms with Gasteiger partial charge in [-0.2, -0.15) is 5.10 Å². The summed E-state index contributed by atoms with van der Waals surface area (Å²) in [6.07, 6.45) is 16.0. The Hall–Kier alpha value is -1.31. The fourth-order valence-corrected chi connectivity index (χ4v) is 4.51. The number of ether oxygens (including phenoxy) is 1. The fraction of sp³-hybridized carbons (Fsp3) is 0.696. The van der Waals surface area contributed by atoms with Gasteiger partial charge in [0.2, 0.25) is 0 Å². The molecule has 0 bridgehead atoms. The first-order chi connectivity index (χ1) is 12.9. The van der Waals surface area contributed by atoms with Crippen molar-refractivity contribution in [3.05, 3.63) is 23.8 Å². The third-order valence-corrected chi connectivity index (χ3v) is 6.25. The maximum atomic E-state index is 5.36. The van der Waals surface area contributed by atoms with E-state index in [1.54, 1.807) is 7.11 Å². The Morgan fingerprint density at radius 2 is 2.19 bits per heavy atom. The highest BCUT2D eigenvalue weighted by Crippen LogP contribution is 2.32. The van der Waals surface area contributed by atoms with Crippen molar-refractivity contribution in [1.29, 1.82) is 0 Å². The second-order valence-corrected chi connectivity index (χ2v) is 13.6. The molecule has 1 aliphatic carbocycles. The SMILES string of the molecule is CCCC[C@@H]1C(/C=N/N2CCC[C@H]2COC)=CC=C[C@H]1CC#C[Si](C)(C)C. The van der Waals surface area contributed by atoms with E-state index in [1.807, 2.05) is 0 Å². The van der Waals surface area contributed by atoms with Crippen LogP contribution in [0.1, 0.15) is 45.4 Å². The Balaban J connectivity index is 2.08. The van der Waals surface area contributed by atoms with Gasteiger partial charge in [0.1, 0.15) is 8.07 Å². The summed E-state index contributed by atoms with van der Waals surface area (Å²) in [4.78, 5) is 0. The lowest BCUT2D eigenvalue weighted by molar-refractivity contribution is 0.118. The maximum Gasteiger partial charge on any atom is 0.129 e. The molecule has 2 rings (SSSR count). The summed E-state index contributed by atoms with van der Waals surface area (Å²) in [5, 5.41) is 7.08. The highest BCUT2D eigenvalue weighted by Gasteiger charge is 2.26. The van der Waals surface area contributed by atoms with Crippen LogP contribution in [0.3, 0.4) is 0 Å². The highest BCUT2D eigenvalue weighted by molar-refractivity contribution is 6.83. The minimum Gasteiger partial charge on any atom is -0.382 e. The second kappa shape index (κ2) is 10.9. The quantitative estimate of drug-likeness (QED) is 0.322. The van der Waals surface area contributed by atoms with E-state index >= 15 is 0 Å². The fourth-order valence-electron chi connectivity index (χ4n) is 3.88. The van der Waals surface area contributed by atoms with Crippen molar-refractivity contribution >= 4 is 14.3 Å². The summed E-state index contributed by atoms with van der Waals surface area (Å²) >= 11 is 0. The molecule has 0 spiro atoms. The van der Waals surface area contributed by atoms with Crippen LogP contribution in [0.2, 0.25) is 19.6 Å². The molecular weight excluding hydrogens is 348 g/mol. The average Bonchev–Trinajstić information content (AvgIpc) is 3.05. The lowest BCUT2D eigenvalue weighted by atomic mass is 9.78. The van der Waals surface area contributed by atoms with Crippen LogP contribution in [-0.4, -0.2) is 45.6 Å². The van der Waals surface area contributed by atoms with Gasteiger partial charge in [0, 0.05) is 20.1 Å². The standard InChI is InChI=1S/C23H38N2OSi/c1-6-7-15-23-20(13-10-17-27(3,4)5)11-8-12-21(23)18-24-25-16-9-14-22(25)19-26-2/h8,11-12,18,20,22-23H,6-7,9,13-16,19H2,1-5H3/b24-18+/t20-,22-,23-/m0/s1. The summed E-state index contributed by atoms with van der Waals surface area (Å²) in [7, 11) is 0.480. The predicted molar refractivity (Wildman–Crippen MR) is 120 cm³/mol. The number of hydrazone groups is 1. The first-order valence-corrected chi connectivity index (χ1v) is 14.1. The van der Waals surface area contributed by atoms with E-state index in [-0.39, 0.29) is 0 Å². The van der Waals surface area contributed by atoms with Crippen LogP contribution in [0, 0.1) is 23.3 Å². The van der Waals surface area contributed by atoms with Crippen LogP contribution in [0.15, 0.2) is 28.9 Å². The van der Waals surface area contributed by atoms with Gasteiger partial charge in [-0.15, -0.1) is 11.5 Å². The molecule has 1 heterocycles. The maximum absolute atomic E-state index is 5.36. The zero-order chi connectivity index (χ0) is 19.7.